The second-order valence-corrected chi connectivity index (χ2v) is 7.83. The molecule has 1 fully saturated rings. The normalized spacial score (nSPS) is 17.1. The molecule has 2 aromatic rings. The standard InChI is InChI=1S/C13H16N4O2S2/c1-21(18,19)17-8-6-16(7-9-17)13-5-4-11(14-15-13)12-3-2-10-20-12/h2-5,10H,6-9H2,1H3. The van der Waals surface area contributed by atoms with Gasteiger partial charge in [0.2, 0.25) is 10.0 Å². The summed E-state index contributed by atoms with van der Waals surface area (Å²) in [5.74, 6) is 0.795. The number of thiophene rings is 1. The maximum Gasteiger partial charge on any atom is 0.211 e. The Labute approximate surface area is 128 Å². The van der Waals surface area contributed by atoms with Crippen molar-refractivity contribution in [3.63, 3.8) is 0 Å². The molecule has 1 saturated heterocycles. The van der Waals surface area contributed by atoms with Crippen LogP contribution in [0.5, 0.6) is 0 Å². The van der Waals surface area contributed by atoms with Crippen LogP contribution in [0.3, 0.4) is 0 Å². The van der Waals surface area contributed by atoms with Crippen LogP contribution >= 0.6 is 11.3 Å². The van der Waals surface area contributed by atoms with Crippen LogP contribution in [0.4, 0.5) is 5.82 Å². The minimum absolute atomic E-state index is 0.493. The number of aromatic nitrogens is 2. The maximum absolute atomic E-state index is 11.5. The van der Waals surface area contributed by atoms with E-state index in [1.54, 1.807) is 11.3 Å². The Morgan fingerprint density at radius 3 is 2.38 bits per heavy atom. The molecule has 0 aliphatic carbocycles. The van der Waals surface area contributed by atoms with Crippen molar-refractivity contribution in [2.75, 3.05) is 37.3 Å². The first-order valence-electron chi connectivity index (χ1n) is 6.62. The number of anilines is 1. The molecule has 0 unspecified atom stereocenters. The van der Waals surface area contributed by atoms with Crippen molar-refractivity contribution in [2.45, 2.75) is 0 Å². The third-order valence-electron chi connectivity index (χ3n) is 3.46. The monoisotopic (exact) mass is 324 g/mol. The largest absolute Gasteiger partial charge is 0.352 e. The van der Waals surface area contributed by atoms with Gasteiger partial charge >= 0.3 is 0 Å². The van der Waals surface area contributed by atoms with Gasteiger partial charge < -0.3 is 4.90 Å². The molecule has 0 saturated carbocycles. The van der Waals surface area contributed by atoms with Gasteiger partial charge in [-0.25, -0.2) is 8.42 Å². The van der Waals surface area contributed by atoms with Crippen LogP contribution in [0.25, 0.3) is 10.6 Å². The summed E-state index contributed by atoms with van der Waals surface area (Å²) in [6, 6.07) is 7.90. The summed E-state index contributed by atoms with van der Waals surface area (Å²) in [6.45, 7) is 2.26. The molecule has 112 valence electrons. The van der Waals surface area contributed by atoms with Crippen LogP contribution in [0.1, 0.15) is 0 Å². The fraction of sp³-hybridized carbons (Fsp3) is 0.385. The predicted octanol–water partition coefficient (Wildman–Crippen LogP) is 1.29. The van der Waals surface area contributed by atoms with E-state index < -0.39 is 10.0 Å². The van der Waals surface area contributed by atoms with Crippen molar-refractivity contribution < 1.29 is 8.42 Å². The number of nitrogens with zero attached hydrogens (tertiary/aromatic N) is 4. The summed E-state index contributed by atoms with van der Waals surface area (Å²) < 4.78 is 24.5. The second kappa shape index (κ2) is 5.70. The highest BCUT2D eigenvalue weighted by Crippen LogP contribution is 2.23. The van der Waals surface area contributed by atoms with Crippen molar-refractivity contribution in [1.29, 1.82) is 0 Å². The zero-order chi connectivity index (χ0) is 14.9. The lowest BCUT2D eigenvalue weighted by atomic mass is 10.3. The van der Waals surface area contributed by atoms with Crippen LogP contribution in [0, 0.1) is 0 Å². The quantitative estimate of drug-likeness (QED) is 0.851. The molecule has 2 aromatic heterocycles. The van der Waals surface area contributed by atoms with Crippen molar-refractivity contribution in [1.82, 2.24) is 14.5 Å². The number of sulfonamides is 1. The zero-order valence-corrected chi connectivity index (χ0v) is 13.3. The van der Waals surface area contributed by atoms with Gasteiger partial charge in [-0.1, -0.05) is 6.07 Å². The lowest BCUT2D eigenvalue weighted by molar-refractivity contribution is 0.386. The average molecular weight is 324 g/mol. The van der Waals surface area contributed by atoms with E-state index in [4.69, 9.17) is 0 Å². The van der Waals surface area contributed by atoms with Gasteiger partial charge in [0.25, 0.3) is 0 Å². The lowest BCUT2D eigenvalue weighted by Crippen LogP contribution is -2.48. The third-order valence-corrected chi connectivity index (χ3v) is 5.65. The Hall–Kier alpha value is -1.51. The molecule has 3 rings (SSSR count). The van der Waals surface area contributed by atoms with E-state index in [2.05, 4.69) is 15.1 Å². The first kappa shape index (κ1) is 14.4. The molecular formula is C13H16N4O2S2. The number of rotatable bonds is 3. The van der Waals surface area contributed by atoms with Gasteiger partial charge in [0.15, 0.2) is 5.82 Å². The molecule has 0 aromatic carbocycles. The lowest BCUT2D eigenvalue weighted by Gasteiger charge is -2.33. The number of hydrogen-bond acceptors (Lipinski definition) is 6. The molecule has 21 heavy (non-hydrogen) atoms. The van der Waals surface area contributed by atoms with E-state index in [0.717, 1.165) is 16.4 Å². The molecule has 0 bridgehead atoms. The summed E-state index contributed by atoms with van der Waals surface area (Å²) in [5, 5.41) is 10.5. The molecule has 3 heterocycles. The Balaban J connectivity index is 1.69. The molecule has 0 N–H and O–H groups in total. The van der Waals surface area contributed by atoms with Crippen LogP contribution < -0.4 is 4.90 Å². The molecule has 6 nitrogen and oxygen atoms in total. The van der Waals surface area contributed by atoms with E-state index in [0.29, 0.717) is 26.2 Å². The summed E-state index contributed by atoms with van der Waals surface area (Å²) >= 11 is 1.63. The molecule has 1 aliphatic rings. The number of hydrogen-bond donors (Lipinski definition) is 0. The van der Waals surface area contributed by atoms with Crippen LogP contribution in [0.15, 0.2) is 29.6 Å². The van der Waals surface area contributed by atoms with Gasteiger partial charge in [0.05, 0.1) is 11.1 Å². The fourth-order valence-corrected chi connectivity index (χ4v) is 3.82. The molecule has 1 aliphatic heterocycles. The Morgan fingerprint density at radius 1 is 1.10 bits per heavy atom. The van der Waals surface area contributed by atoms with E-state index in [1.807, 2.05) is 29.6 Å². The van der Waals surface area contributed by atoms with Gasteiger partial charge in [-0.05, 0) is 23.6 Å². The topological polar surface area (TPSA) is 66.4 Å². The molecule has 0 amide bonds. The van der Waals surface area contributed by atoms with Gasteiger partial charge in [0, 0.05) is 26.2 Å². The van der Waals surface area contributed by atoms with Crippen molar-refractivity contribution in [3.05, 3.63) is 29.6 Å². The molecule has 0 atom stereocenters. The highest BCUT2D eigenvalue weighted by molar-refractivity contribution is 7.88. The second-order valence-electron chi connectivity index (χ2n) is 4.90. The van der Waals surface area contributed by atoms with Crippen molar-refractivity contribution in [2.24, 2.45) is 0 Å². The van der Waals surface area contributed by atoms with Gasteiger partial charge in [-0.2, -0.15) is 4.31 Å². The van der Waals surface area contributed by atoms with Gasteiger partial charge in [0.1, 0.15) is 5.69 Å². The highest BCUT2D eigenvalue weighted by Gasteiger charge is 2.24. The minimum Gasteiger partial charge on any atom is -0.352 e. The van der Waals surface area contributed by atoms with Crippen molar-refractivity contribution in [3.8, 4) is 10.6 Å². The van der Waals surface area contributed by atoms with Gasteiger partial charge in [-0.3, -0.25) is 0 Å². The molecular weight excluding hydrogens is 308 g/mol. The number of piperazine rings is 1. The first-order valence-corrected chi connectivity index (χ1v) is 9.34. The maximum atomic E-state index is 11.5. The Kier molecular flexibility index (Phi) is 3.92. The summed E-state index contributed by atoms with van der Waals surface area (Å²) in [6.07, 6.45) is 1.25. The Morgan fingerprint density at radius 2 is 1.86 bits per heavy atom. The van der Waals surface area contributed by atoms with Gasteiger partial charge in [-0.15, -0.1) is 21.5 Å². The average Bonchev–Trinajstić information content (AvgIpc) is 3.01. The van der Waals surface area contributed by atoms with E-state index in [9.17, 15) is 8.42 Å². The minimum atomic E-state index is -3.10. The summed E-state index contributed by atoms with van der Waals surface area (Å²) in [4.78, 5) is 3.16. The summed E-state index contributed by atoms with van der Waals surface area (Å²) in [7, 11) is -3.10. The van der Waals surface area contributed by atoms with Crippen LogP contribution in [-0.2, 0) is 10.0 Å². The predicted molar refractivity (Wildman–Crippen MR) is 84.0 cm³/mol. The van der Waals surface area contributed by atoms with E-state index in [1.165, 1.54) is 10.6 Å². The molecule has 0 radical (unpaired) electrons. The third kappa shape index (κ3) is 3.22. The Bertz CT molecular complexity index is 690. The SMILES string of the molecule is CS(=O)(=O)N1CCN(c2ccc(-c3cccs3)nn2)CC1. The highest BCUT2D eigenvalue weighted by atomic mass is 32.2. The zero-order valence-electron chi connectivity index (χ0n) is 11.6. The van der Waals surface area contributed by atoms with E-state index in [-0.39, 0.29) is 0 Å². The van der Waals surface area contributed by atoms with E-state index >= 15 is 0 Å². The molecule has 8 heteroatoms. The van der Waals surface area contributed by atoms with Crippen molar-refractivity contribution >= 4 is 27.2 Å². The summed E-state index contributed by atoms with van der Waals surface area (Å²) in [5.41, 5.74) is 0.864. The fourth-order valence-electron chi connectivity index (χ4n) is 2.30. The smallest absolute Gasteiger partial charge is 0.211 e. The van der Waals surface area contributed by atoms with Crippen LogP contribution in [0.2, 0.25) is 0 Å². The van der Waals surface area contributed by atoms with Crippen LogP contribution in [-0.4, -0.2) is 55.4 Å². The molecule has 0 spiro atoms. The first-order chi connectivity index (χ1) is 10.0.